The quantitative estimate of drug-likeness (QED) is 0.779. The number of aromatic nitrogens is 1. The summed E-state index contributed by atoms with van der Waals surface area (Å²) in [5.41, 5.74) is 6.70. The number of nitrogens with two attached hydrogens (primary N) is 1. The van der Waals surface area contributed by atoms with Crippen LogP contribution in [0.25, 0.3) is 10.8 Å². The third kappa shape index (κ3) is 1.42. The maximum absolute atomic E-state index is 6.07. The summed E-state index contributed by atoms with van der Waals surface area (Å²) in [6, 6.07) is 7.63. The number of fused-ring (bicyclic) bond motifs is 1. The first-order valence-corrected chi connectivity index (χ1v) is 4.93. The minimum Gasteiger partial charge on any atom is -0.384 e. The van der Waals surface area contributed by atoms with Gasteiger partial charge in [-0.1, -0.05) is 30.7 Å². The van der Waals surface area contributed by atoms with E-state index >= 15 is 0 Å². The van der Waals surface area contributed by atoms with Gasteiger partial charge < -0.3 is 5.73 Å². The van der Waals surface area contributed by atoms with E-state index in [2.05, 4.69) is 11.9 Å². The van der Waals surface area contributed by atoms with Crippen molar-refractivity contribution in [1.82, 2.24) is 4.98 Å². The van der Waals surface area contributed by atoms with E-state index in [9.17, 15) is 0 Å². The molecule has 0 aliphatic rings. The molecule has 14 heavy (non-hydrogen) atoms. The van der Waals surface area contributed by atoms with Crippen LogP contribution in [-0.4, -0.2) is 4.98 Å². The average Bonchev–Trinajstić information content (AvgIpc) is 2.18. The van der Waals surface area contributed by atoms with Gasteiger partial charge in [0, 0.05) is 15.8 Å². The molecule has 0 saturated carbocycles. The van der Waals surface area contributed by atoms with E-state index in [-0.39, 0.29) is 0 Å². The van der Waals surface area contributed by atoms with Crippen molar-refractivity contribution in [3.05, 3.63) is 35.0 Å². The molecule has 3 heteroatoms. The Morgan fingerprint density at radius 3 is 2.86 bits per heavy atom. The van der Waals surface area contributed by atoms with Gasteiger partial charge in [-0.25, -0.2) is 4.98 Å². The normalized spacial score (nSPS) is 10.7. The molecule has 0 aliphatic heterocycles. The Kier molecular flexibility index (Phi) is 2.30. The van der Waals surface area contributed by atoms with Crippen LogP contribution in [-0.2, 0) is 6.42 Å². The van der Waals surface area contributed by atoms with Crippen LogP contribution in [0.15, 0.2) is 24.3 Å². The molecule has 0 amide bonds. The zero-order chi connectivity index (χ0) is 10.1. The third-order valence-corrected chi connectivity index (χ3v) is 2.58. The fourth-order valence-electron chi connectivity index (χ4n) is 1.60. The van der Waals surface area contributed by atoms with Gasteiger partial charge in [0.05, 0.1) is 5.69 Å². The van der Waals surface area contributed by atoms with Crippen molar-refractivity contribution in [1.29, 1.82) is 0 Å². The summed E-state index contributed by atoms with van der Waals surface area (Å²) in [5.74, 6) is 0.530. The molecule has 2 N–H and O–H groups in total. The topological polar surface area (TPSA) is 38.9 Å². The number of nitrogen functional groups attached to an aromatic ring is 1. The maximum atomic E-state index is 6.07. The molecular formula is C11H11ClN2. The fourth-order valence-corrected chi connectivity index (χ4v) is 1.83. The summed E-state index contributed by atoms with van der Waals surface area (Å²) in [6.07, 6.45) is 0.863. The molecule has 0 fully saturated rings. The highest BCUT2D eigenvalue weighted by Crippen LogP contribution is 2.26. The summed E-state index contributed by atoms with van der Waals surface area (Å²) in [5, 5.41) is 2.80. The Balaban J connectivity index is 2.87. The van der Waals surface area contributed by atoms with Crippen molar-refractivity contribution < 1.29 is 0 Å². The molecule has 1 aromatic carbocycles. The van der Waals surface area contributed by atoms with Crippen molar-refractivity contribution in [2.75, 3.05) is 5.73 Å². The zero-order valence-electron chi connectivity index (χ0n) is 7.92. The monoisotopic (exact) mass is 206 g/mol. The molecular weight excluding hydrogens is 196 g/mol. The van der Waals surface area contributed by atoms with Crippen LogP contribution in [0, 0.1) is 0 Å². The van der Waals surface area contributed by atoms with Crippen molar-refractivity contribution in [3.63, 3.8) is 0 Å². The van der Waals surface area contributed by atoms with Crippen LogP contribution in [0.5, 0.6) is 0 Å². The van der Waals surface area contributed by atoms with Gasteiger partial charge in [-0.3, -0.25) is 0 Å². The Labute approximate surface area is 87.7 Å². The molecule has 0 atom stereocenters. The average molecular weight is 207 g/mol. The fraction of sp³-hybridized carbons (Fsp3) is 0.182. The van der Waals surface area contributed by atoms with Gasteiger partial charge in [0.2, 0.25) is 0 Å². The number of benzene rings is 1. The summed E-state index contributed by atoms with van der Waals surface area (Å²) in [4.78, 5) is 4.28. The number of pyridine rings is 1. The van der Waals surface area contributed by atoms with Gasteiger partial charge in [-0.2, -0.15) is 0 Å². The number of halogens is 1. The third-order valence-electron chi connectivity index (χ3n) is 2.25. The molecule has 1 heterocycles. The minimum atomic E-state index is 0.530. The molecule has 0 aliphatic carbocycles. The Bertz CT molecular complexity index is 480. The molecule has 0 saturated heterocycles. The SMILES string of the molecule is CCc1nc(N)cc2c(Cl)cccc12. The molecule has 0 radical (unpaired) electrons. The number of anilines is 1. The molecule has 2 nitrogen and oxygen atoms in total. The second-order valence-corrected chi connectivity index (χ2v) is 3.59. The van der Waals surface area contributed by atoms with Gasteiger partial charge in [0.1, 0.15) is 5.82 Å². The van der Waals surface area contributed by atoms with Crippen molar-refractivity contribution in [3.8, 4) is 0 Å². The van der Waals surface area contributed by atoms with Crippen molar-refractivity contribution in [2.24, 2.45) is 0 Å². The second kappa shape index (κ2) is 3.46. The van der Waals surface area contributed by atoms with Gasteiger partial charge in [-0.05, 0) is 18.6 Å². The minimum absolute atomic E-state index is 0.530. The molecule has 72 valence electrons. The van der Waals surface area contributed by atoms with Crippen LogP contribution >= 0.6 is 11.6 Å². The highest BCUT2D eigenvalue weighted by molar-refractivity contribution is 6.35. The lowest BCUT2D eigenvalue weighted by Gasteiger charge is -2.06. The van der Waals surface area contributed by atoms with E-state index < -0.39 is 0 Å². The van der Waals surface area contributed by atoms with Crippen LogP contribution in [0.4, 0.5) is 5.82 Å². The Morgan fingerprint density at radius 2 is 2.14 bits per heavy atom. The van der Waals surface area contributed by atoms with Crippen molar-refractivity contribution >= 4 is 28.2 Å². The number of hydrogen-bond acceptors (Lipinski definition) is 2. The van der Waals surface area contributed by atoms with E-state index in [1.54, 1.807) is 0 Å². The number of rotatable bonds is 1. The highest BCUT2D eigenvalue weighted by Gasteiger charge is 2.04. The van der Waals surface area contributed by atoms with E-state index in [1.807, 2.05) is 24.3 Å². The van der Waals surface area contributed by atoms with E-state index in [0.717, 1.165) is 27.9 Å². The van der Waals surface area contributed by atoms with E-state index in [0.29, 0.717) is 5.82 Å². The molecule has 1 aromatic heterocycles. The first kappa shape index (κ1) is 9.28. The highest BCUT2D eigenvalue weighted by atomic mass is 35.5. The largest absolute Gasteiger partial charge is 0.384 e. The predicted molar refractivity (Wildman–Crippen MR) is 60.5 cm³/mol. The second-order valence-electron chi connectivity index (χ2n) is 3.18. The Hall–Kier alpha value is -1.28. The number of nitrogens with zero attached hydrogens (tertiary/aromatic N) is 1. The summed E-state index contributed by atoms with van der Waals surface area (Å²) in [7, 11) is 0. The van der Waals surface area contributed by atoms with Crippen LogP contribution in [0.3, 0.4) is 0 Å². The summed E-state index contributed by atoms with van der Waals surface area (Å²) >= 11 is 6.07. The Morgan fingerprint density at radius 1 is 1.36 bits per heavy atom. The molecule has 2 rings (SSSR count). The van der Waals surface area contributed by atoms with Gasteiger partial charge in [-0.15, -0.1) is 0 Å². The van der Waals surface area contributed by atoms with Gasteiger partial charge in [0.25, 0.3) is 0 Å². The number of hydrogen-bond donors (Lipinski definition) is 1. The molecule has 0 spiro atoms. The van der Waals surface area contributed by atoms with Crippen molar-refractivity contribution in [2.45, 2.75) is 13.3 Å². The van der Waals surface area contributed by atoms with Crippen LogP contribution in [0.2, 0.25) is 5.02 Å². The van der Waals surface area contributed by atoms with E-state index in [4.69, 9.17) is 17.3 Å². The lowest BCUT2D eigenvalue weighted by atomic mass is 10.1. The smallest absolute Gasteiger partial charge is 0.124 e. The van der Waals surface area contributed by atoms with E-state index in [1.165, 1.54) is 0 Å². The predicted octanol–water partition coefficient (Wildman–Crippen LogP) is 3.03. The lowest BCUT2D eigenvalue weighted by Crippen LogP contribution is -1.96. The van der Waals surface area contributed by atoms with Crippen LogP contribution < -0.4 is 5.73 Å². The molecule has 2 aromatic rings. The lowest BCUT2D eigenvalue weighted by molar-refractivity contribution is 1.06. The first-order chi connectivity index (χ1) is 6.72. The summed E-state index contributed by atoms with van der Waals surface area (Å²) < 4.78 is 0. The number of aryl methyl sites for hydroxylation is 1. The standard InChI is InChI=1S/C11H11ClN2/c1-2-10-7-4-3-5-9(12)8(7)6-11(13)14-10/h3-6H,2H2,1H3,(H2,13,14). The van der Waals surface area contributed by atoms with Gasteiger partial charge >= 0.3 is 0 Å². The van der Waals surface area contributed by atoms with Crippen LogP contribution in [0.1, 0.15) is 12.6 Å². The zero-order valence-corrected chi connectivity index (χ0v) is 8.67. The summed E-state index contributed by atoms with van der Waals surface area (Å²) in [6.45, 7) is 2.06. The first-order valence-electron chi connectivity index (χ1n) is 4.56. The maximum Gasteiger partial charge on any atom is 0.124 e. The van der Waals surface area contributed by atoms with Gasteiger partial charge in [0.15, 0.2) is 0 Å². The molecule has 0 unspecified atom stereocenters. The molecule has 0 bridgehead atoms.